The van der Waals surface area contributed by atoms with Crippen molar-refractivity contribution in [2.24, 2.45) is 5.92 Å². The van der Waals surface area contributed by atoms with E-state index in [0.717, 1.165) is 13.1 Å². The lowest BCUT2D eigenvalue weighted by molar-refractivity contribution is -0.138. The zero-order valence-corrected chi connectivity index (χ0v) is 13.6. The summed E-state index contributed by atoms with van der Waals surface area (Å²) in [5, 5.41) is 12.1. The number of nitrogens with zero attached hydrogens (tertiary/aromatic N) is 4. The van der Waals surface area contributed by atoms with Gasteiger partial charge in [-0.15, -0.1) is 0 Å². The normalized spacial score (nSPS) is 12.3. The van der Waals surface area contributed by atoms with Gasteiger partial charge in [-0.2, -0.15) is 15.0 Å². The highest BCUT2D eigenvalue weighted by atomic mass is 35.5. The van der Waals surface area contributed by atoms with Crippen LogP contribution in [0.4, 0.5) is 11.9 Å². The molecule has 118 valence electrons. The van der Waals surface area contributed by atoms with Crippen molar-refractivity contribution in [2.45, 2.75) is 40.2 Å². The fourth-order valence-electron chi connectivity index (χ4n) is 1.90. The van der Waals surface area contributed by atoms with Gasteiger partial charge in [0.15, 0.2) is 0 Å². The Hall–Kier alpha value is -1.63. The lowest BCUT2D eigenvalue weighted by atomic mass is 10.0. The van der Waals surface area contributed by atoms with Crippen LogP contribution in [0.5, 0.6) is 0 Å². The third-order valence-electron chi connectivity index (χ3n) is 2.95. The molecule has 1 atom stereocenters. The molecule has 21 heavy (non-hydrogen) atoms. The summed E-state index contributed by atoms with van der Waals surface area (Å²) in [5.74, 6) is -0.0797. The predicted octanol–water partition coefficient (Wildman–Crippen LogP) is 2.28. The second-order valence-corrected chi connectivity index (χ2v) is 5.40. The molecule has 0 fully saturated rings. The van der Waals surface area contributed by atoms with Gasteiger partial charge in [-0.25, -0.2) is 4.79 Å². The average Bonchev–Trinajstić information content (AvgIpc) is 2.38. The zero-order valence-electron chi connectivity index (χ0n) is 12.8. The first-order chi connectivity index (χ1) is 9.87. The molecule has 1 heterocycles. The number of nitrogens with one attached hydrogen (secondary N) is 1. The monoisotopic (exact) mass is 315 g/mol. The van der Waals surface area contributed by atoms with Crippen molar-refractivity contribution in [1.29, 1.82) is 0 Å². The summed E-state index contributed by atoms with van der Waals surface area (Å²) in [6.07, 6.45) is 0.471. The molecule has 1 aromatic rings. The van der Waals surface area contributed by atoms with E-state index < -0.39 is 12.0 Å². The summed E-state index contributed by atoms with van der Waals surface area (Å²) in [5.41, 5.74) is 0. The van der Waals surface area contributed by atoms with Crippen LogP contribution >= 0.6 is 11.6 Å². The van der Waals surface area contributed by atoms with Crippen molar-refractivity contribution in [3.63, 3.8) is 0 Å². The summed E-state index contributed by atoms with van der Waals surface area (Å²) in [7, 11) is 0. The highest BCUT2D eigenvalue weighted by Crippen LogP contribution is 2.16. The molecule has 1 aromatic heterocycles. The molecule has 8 heteroatoms. The lowest BCUT2D eigenvalue weighted by Gasteiger charge is -2.20. The van der Waals surface area contributed by atoms with Crippen molar-refractivity contribution in [2.75, 3.05) is 23.3 Å². The van der Waals surface area contributed by atoms with Gasteiger partial charge < -0.3 is 15.3 Å². The van der Waals surface area contributed by atoms with Gasteiger partial charge in [0.1, 0.15) is 6.04 Å². The highest BCUT2D eigenvalue weighted by Gasteiger charge is 2.21. The van der Waals surface area contributed by atoms with Gasteiger partial charge in [-0.05, 0) is 37.8 Å². The van der Waals surface area contributed by atoms with E-state index >= 15 is 0 Å². The molecule has 0 bridgehead atoms. The minimum absolute atomic E-state index is 0.0445. The molecule has 0 aliphatic rings. The number of carboxylic acids is 1. The van der Waals surface area contributed by atoms with Crippen LogP contribution < -0.4 is 10.2 Å². The van der Waals surface area contributed by atoms with E-state index in [1.165, 1.54) is 0 Å². The van der Waals surface area contributed by atoms with Crippen LogP contribution in [0, 0.1) is 5.92 Å². The number of rotatable bonds is 8. The van der Waals surface area contributed by atoms with Crippen LogP contribution in [0.1, 0.15) is 34.1 Å². The van der Waals surface area contributed by atoms with Gasteiger partial charge in [0.2, 0.25) is 17.2 Å². The smallest absolute Gasteiger partial charge is 0.326 e. The van der Waals surface area contributed by atoms with Crippen molar-refractivity contribution >= 4 is 29.5 Å². The van der Waals surface area contributed by atoms with E-state index in [-0.39, 0.29) is 17.1 Å². The summed E-state index contributed by atoms with van der Waals surface area (Å²) in [4.78, 5) is 25.5. The maximum absolute atomic E-state index is 11.3. The second-order valence-electron chi connectivity index (χ2n) is 5.07. The highest BCUT2D eigenvalue weighted by molar-refractivity contribution is 6.28. The predicted molar refractivity (Wildman–Crippen MR) is 82.9 cm³/mol. The molecule has 0 radical (unpaired) electrons. The Balaban J connectivity index is 2.98. The molecular formula is C13H22ClN5O2. The Morgan fingerprint density at radius 3 is 2.38 bits per heavy atom. The molecule has 1 unspecified atom stereocenters. The van der Waals surface area contributed by atoms with Crippen LogP contribution in [0.3, 0.4) is 0 Å². The summed E-state index contributed by atoms with van der Waals surface area (Å²) >= 11 is 5.90. The number of carbonyl (C=O) groups is 1. The second kappa shape index (κ2) is 7.97. The molecule has 0 aliphatic carbocycles. The molecule has 2 N–H and O–H groups in total. The largest absolute Gasteiger partial charge is 0.480 e. The van der Waals surface area contributed by atoms with Crippen LogP contribution in [0.25, 0.3) is 0 Å². The Labute approximate surface area is 129 Å². The molecule has 0 spiro atoms. The quantitative estimate of drug-likeness (QED) is 0.760. The third-order valence-corrected chi connectivity index (χ3v) is 3.12. The Morgan fingerprint density at radius 2 is 1.90 bits per heavy atom. The number of aromatic nitrogens is 3. The molecule has 1 rings (SSSR count). The topological polar surface area (TPSA) is 91.2 Å². The fraction of sp³-hybridized carbons (Fsp3) is 0.692. The summed E-state index contributed by atoms with van der Waals surface area (Å²) < 4.78 is 0. The number of anilines is 2. The molecular weight excluding hydrogens is 294 g/mol. The molecule has 0 amide bonds. The van der Waals surface area contributed by atoms with Crippen molar-refractivity contribution in [3.8, 4) is 0 Å². The van der Waals surface area contributed by atoms with E-state index in [9.17, 15) is 9.90 Å². The van der Waals surface area contributed by atoms with Crippen molar-refractivity contribution in [1.82, 2.24) is 15.0 Å². The lowest BCUT2D eigenvalue weighted by Crippen LogP contribution is -2.32. The first kappa shape index (κ1) is 17.4. The van der Waals surface area contributed by atoms with Gasteiger partial charge in [0.25, 0.3) is 0 Å². The number of carboxylic acid groups (broad SMARTS) is 1. The van der Waals surface area contributed by atoms with Crippen LogP contribution in [0.15, 0.2) is 0 Å². The van der Waals surface area contributed by atoms with Crippen molar-refractivity contribution < 1.29 is 9.90 Å². The number of hydrogen-bond donors (Lipinski definition) is 2. The van der Waals surface area contributed by atoms with E-state index in [1.807, 2.05) is 32.6 Å². The number of halogens is 1. The SMILES string of the molecule is CCN(CC)c1nc(Cl)nc(NC(CC(C)C)C(=O)O)n1. The summed E-state index contributed by atoms with van der Waals surface area (Å²) in [6.45, 7) is 9.33. The summed E-state index contributed by atoms with van der Waals surface area (Å²) in [6, 6.07) is -0.756. The number of hydrogen-bond acceptors (Lipinski definition) is 6. The van der Waals surface area contributed by atoms with Crippen molar-refractivity contribution in [3.05, 3.63) is 5.28 Å². The van der Waals surface area contributed by atoms with Gasteiger partial charge in [0, 0.05) is 13.1 Å². The Bertz CT molecular complexity index is 480. The third kappa shape index (κ3) is 5.34. The van der Waals surface area contributed by atoms with Gasteiger partial charge in [-0.1, -0.05) is 13.8 Å². The van der Waals surface area contributed by atoms with Crippen LogP contribution in [-0.4, -0.2) is 45.2 Å². The maximum atomic E-state index is 11.3. The van der Waals surface area contributed by atoms with Gasteiger partial charge in [-0.3, -0.25) is 0 Å². The van der Waals surface area contributed by atoms with Gasteiger partial charge >= 0.3 is 5.97 Å². The molecule has 0 saturated heterocycles. The first-order valence-electron chi connectivity index (χ1n) is 7.03. The maximum Gasteiger partial charge on any atom is 0.326 e. The van der Waals surface area contributed by atoms with Crippen LogP contribution in [0.2, 0.25) is 5.28 Å². The average molecular weight is 316 g/mol. The standard InChI is InChI=1S/C13H22ClN5O2/c1-5-19(6-2)13-17-11(14)16-12(18-13)15-9(10(20)21)7-8(3)4/h8-9H,5-7H2,1-4H3,(H,20,21)(H,15,16,17,18). The molecule has 0 aromatic carbocycles. The fourth-order valence-corrected chi connectivity index (χ4v) is 2.06. The first-order valence-corrected chi connectivity index (χ1v) is 7.41. The van der Waals surface area contributed by atoms with E-state index in [2.05, 4.69) is 20.3 Å². The molecule has 7 nitrogen and oxygen atoms in total. The Kier molecular flexibility index (Phi) is 6.61. The minimum Gasteiger partial charge on any atom is -0.480 e. The Morgan fingerprint density at radius 1 is 1.29 bits per heavy atom. The van der Waals surface area contributed by atoms with Crippen LogP contribution in [-0.2, 0) is 4.79 Å². The van der Waals surface area contributed by atoms with Gasteiger partial charge in [0.05, 0.1) is 0 Å². The van der Waals surface area contributed by atoms with E-state index in [0.29, 0.717) is 12.4 Å². The minimum atomic E-state index is -0.940. The number of aliphatic carboxylic acids is 1. The molecule has 0 saturated carbocycles. The zero-order chi connectivity index (χ0) is 16.0. The van der Waals surface area contributed by atoms with E-state index in [4.69, 9.17) is 11.6 Å². The van der Waals surface area contributed by atoms with E-state index in [1.54, 1.807) is 0 Å². The molecule has 0 aliphatic heterocycles.